The molecule has 0 saturated carbocycles. The third-order valence-electron chi connectivity index (χ3n) is 8.95. The predicted octanol–water partition coefficient (Wildman–Crippen LogP) is 12.7. The molecular formula is C44H26O. The van der Waals surface area contributed by atoms with Gasteiger partial charge in [-0.05, 0) is 77.1 Å². The Labute approximate surface area is 272 Å². The molecule has 0 fully saturated rings. The summed E-state index contributed by atoms with van der Waals surface area (Å²) in [4.78, 5) is 0. The van der Waals surface area contributed by atoms with E-state index >= 15 is 0 Å². The molecule has 1 aromatic heterocycles. The number of hydrogen-bond acceptors (Lipinski definition) is 1. The fourth-order valence-corrected chi connectivity index (χ4v) is 7.06. The predicted molar refractivity (Wildman–Crippen MR) is 192 cm³/mol. The van der Waals surface area contributed by atoms with E-state index in [-0.39, 0.29) is 39.2 Å². The molecule has 208 valence electrons. The average Bonchev–Trinajstić information content (AvgIpc) is 3.56. The van der Waals surface area contributed by atoms with Crippen LogP contribution in [0.4, 0.5) is 0 Å². The zero-order valence-electron chi connectivity index (χ0n) is 32.7. The van der Waals surface area contributed by atoms with Gasteiger partial charge in [-0.2, -0.15) is 0 Å². The number of hydrogen-bond donors (Lipinski definition) is 0. The summed E-state index contributed by atoms with van der Waals surface area (Å²) in [7, 11) is 0. The number of rotatable bonds is 2. The average molecular weight is 580 g/mol. The maximum atomic E-state index is 9.43. The van der Waals surface area contributed by atoms with Crippen LogP contribution in [-0.2, 0) is 0 Å². The van der Waals surface area contributed by atoms with E-state index in [1.165, 1.54) is 0 Å². The SMILES string of the molecule is [2H]c1c([2H])c([2H])c2c(c1[2H])c([2H])c([2H])c1c(-c3c4ccccc4c(-c4c5ccccc5cc5c4oc4ccccc45)c4ccccc34)c([2H])c([2H])c([2H])c12. The standard InChI is InChI=1S/C44H26O/c1-3-14-29-27(12-1)24-25-32-31(29)21-11-22-34(32)41-35-17-5-7-19-37(35)42(38-20-8-6-18-36(38)41)43-30-15-4-2-13-28(30)26-39-33-16-9-10-23-40(33)45-44(39)43/h1-26H/i1D,3D,11D,12D,14D,21D,22D,24D,25D. The van der Waals surface area contributed by atoms with Crippen molar-refractivity contribution in [2.24, 2.45) is 0 Å². The molecule has 1 heterocycles. The van der Waals surface area contributed by atoms with Crippen molar-refractivity contribution >= 4 is 75.8 Å². The highest BCUT2D eigenvalue weighted by Crippen LogP contribution is 2.49. The summed E-state index contributed by atoms with van der Waals surface area (Å²) < 4.78 is 87.0. The van der Waals surface area contributed by atoms with Crippen molar-refractivity contribution in [3.63, 3.8) is 0 Å². The summed E-state index contributed by atoms with van der Waals surface area (Å²) >= 11 is 0. The maximum Gasteiger partial charge on any atom is 0.143 e. The largest absolute Gasteiger partial charge is 0.455 e. The van der Waals surface area contributed by atoms with Gasteiger partial charge in [0, 0.05) is 21.9 Å². The minimum atomic E-state index is -0.547. The molecule has 0 aliphatic rings. The summed E-state index contributed by atoms with van der Waals surface area (Å²) in [6.07, 6.45) is 0. The summed E-state index contributed by atoms with van der Waals surface area (Å²) in [6, 6.07) is 29.8. The monoisotopic (exact) mass is 579 g/mol. The molecule has 1 heteroatoms. The normalized spacial score (nSPS) is 14.8. The third-order valence-corrected chi connectivity index (χ3v) is 8.95. The van der Waals surface area contributed by atoms with Gasteiger partial charge >= 0.3 is 0 Å². The van der Waals surface area contributed by atoms with E-state index in [1.54, 1.807) is 0 Å². The molecule has 45 heavy (non-hydrogen) atoms. The Morgan fingerprint density at radius 3 is 1.78 bits per heavy atom. The smallest absolute Gasteiger partial charge is 0.143 e. The zero-order chi connectivity index (χ0) is 37.3. The Morgan fingerprint density at radius 2 is 1.00 bits per heavy atom. The Hall–Kier alpha value is -5.92. The Morgan fingerprint density at radius 1 is 0.378 bits per heavy atom. The molecule has 10 rings (SSSR count). The molecule has 9 aromatic carbocycles. The van der Waals surface area contributed by atoms with Crippen LogP contribution in [0, 0.1) is 0 Å². The van der Waals surface area contributed by atoms with Gasteiger partial charge in [-0.25, -0.2) is 0 Å². The van der Waals surface area contributed by atoms with Gasteiger partial charge in [0.1, 0.15) is 11.2 Å². The lowest BCUT2D eigenvalue weighted by atomic mass is 9.83. The molecule has 0 unspecified atom stereocenters. The Kier molecular flexibility index (Phi) is 3.59. The summed E-state index contributed by atoms with van der Waals surface area (Å²) in [6.45, 7) is 0. The van der Waals surface area contributed by atoms with Crippen molar-refractivity contribution < 1.29 is 16.8 Å². The van der Waals surface area contributed by atoms with Crippen molar-refractivity contribution in [3.8, 4) is 22.3 Å². The highest BCUT2D eigenvalue weighted by atomic mass is 16.3. The van der Waals surface area contributed by atoms with Gasteiger partial charge < -0.3 is 4.42 Å². The van der Waals surface area contributed by atoms with E-state index in [9.17, 15) is 2.74 Å². The number of para-hydroxylation sites is 1. The van der Waals surface area contributed by atoms with Crippen LogP contribution in [0.1, 0.15) is 12.3 Å². The number of benzene rings is 9. The minimum Gasteiger partial charge on any atom is -0.455 e. The summed E-state index contributed by atoms with van der Waals surface area (Å²) in [5, 5.41) is 6.71. The van der Waals surface area contributed by atoms with Gasteiger partial charge in [-0.15, -0.1) is 0 Å². The molecule has 0 N–H and O–H groups in total. The van der Waals surface area contributed by atoms with Crippen molar-refractivity contribution in [2.75, 3.05) is 0 Å². The topological polar surface area (TPSA) is 13.1 Å². The number of furan rings is 1. The second kappa shape index (κ2) is 9.29. The van der Waals surface area contributed by atoms with Crippen molar-refractivity contribution in [3.05, 3.63) is 158 Å². The molecule has 0 aliphatic carbocycles. The van der Waals surface area contributed by atoms with Crippen LogP contribution in [-0.4, -0.2) is 0 Å². The first kappa shape index (κ1) is 17.4. The van der Waals surface area contributed by atoms with Crippen LogP contribution in [0.2, 0.25) is 0 Å². The van der Waals surface area contributed by atoms with E-state index in [1.807, 2.05) is 78.9 Å². The van der Waals surface area contributed by atoms with Crippen molar-refractivity contribution in [2.45, 2.75) is 0 Å². The summed E-state index contributed by atoms with van der Waals surface area (Å²) in [5.74, 6) is 0. The second-order valence-corrected chi connectivity index (χ2v) is 11.3. The lowest BCUT2D eigenvalue weighted by Gasteiger charge is -2.20. The quantitative estimate of drug-likeness (QED) is 0.147. The molecular weight excluding hydrogens is 544 g/mol. The molecule has 0 amide bonds. The molecule has 0 radical (unpaired) electrons. The van der Waals surface area contributed by atoms with Crippen LogP contribution in [0.3, 0.4) is 0 Å². The molecule has 0 bridgehead atoms. The maximum absolute atomic E-state index is 9.43. The van der Waals surface area contributed by atoms with E-state index in [2.05, 4.69) is 24.3 Å². The fourth-order valence-electron chi connectivity index (χ4n) is 7.06. The summed E-state index contributed by atoms with van der Waals surface area (Å²) in [5.41, 5.74) is 3.97. The first-order valence-electron chi connectivity index (χ1n) is 19.3. The van der Waals surface area contributed by atoms with Crippen LogP contribution in [0.15, 0.2) is 162 Å². The van der Waals surface area contributed by atoms with Crippen molar-refractivity contribution in [1.82, 2.24) is 0 Å². The second-order valence-electron chi connectivity index (χ2n) is 11.3. The molecule has 10 aromatic rings. The van der Waals surface area contributed by atoms with Gasteiger partial charge in [0.15, 0.2) is 0 Å². The molecule has 0 saturated heterocycles. The number of fused-ring (bicyclic) bond motifs is 9. The third kappa shape index (κ3) is 3.44. The van der Waals surface area contributed by atoms with Gasteiger partial charge in [-0.1, -0.05) is 145 Å². The zero-order valence-corrected chi connectivity index (χ0v) is 23.7. The molecule has 0 spiro atoms. The van der Waals surface area contributed by atoms with Crippen LogP contribution in [0.25, 0.3) is 98.1 Å². The van der Waals surface area contributed by atoms with Gasteiger partial charge in [0.05, 0.1) is 12.3 Å². The van der Waals surface area contributed by atoms with Gasteiger partial charge in [0.25, 0.3) is 0 Å². The Balaban J connectivity index is 1.46. The van der Waals surface area contributed by atoms with E-state index in [0.717, 1.165) is 54.6 Å². The lowest BCUT2D eigenvalue weighted by Crippen LogP contribution is -1.93. The Bertz CT molecular complexity index is 3270. The van der Waals surface area contributed by atoms with Crippen LogP contribution >= 0.6 is 0 Å². The van der Waals surface area contributed by atoms with Crippen LogP contribution < -0.4 is 0 Å². The van der Waals surface area contributed by atoms with E-state index in [0.29, 0.717) is 16.3 Å². The van der Waals surface area contributed by atoms with E-state index < -0.39 is 42.3 Å². The van der Waals surface area contributed by atoms with Gasteiger partial charge in [0.2, 0.25) is 0 Å². The lowest BCUT2D eigenvalue weighted by molar-refractivity contribution is 0.670. The van der Waals surface area contributed by atoms with E-state index in [4.69, 9.17) is 14.0 Å². The first-order valence-corrected chi connectivity index (χ1v) is 14.8. The minimum absolute atomic E-state index is 0.0245. The van der Waals surface area contributed by atoms with Crippen molar-refractivity contribution in [1.29, 1.82) is 0 Å². The first-order chi connectivity index (χ1) is 26.1. The fraction of sp³-hybridized carbons (Fsp3) is 0. The van der Waals surface area contributed by atoms with Gasteiger partial charge in [-0.3, -0.25) is 0 Å². The molecule has 0 atom stereocenters. The molecule has 0 aliphatic heterocycles. The highest BCUT2D eigenvalue weighted by Gasteiger charge is 2.23. The molecule has 1 nitrogen and oxygen atoms in total. The highest BCUT2D eigenvalue weighted by molar-refractivity contribution is 6.29. The van der Waals surface area contributed by atoms with Crippen LogP contribution in [0.5, 0.6) is 0 Å².